The lowest BCUT2D eigenvalue weighted by molar-refractivity contribution is -0.489. The molecule has 0 aliphatic rings. The van der Waals surface area contributed by atoms with E-state index in [-0.39, 0.29) is 18.3 Å². The Bertz CT molecular complexity index is 310. The molecule has 2 unspecified atom stereocenters. The van der Waals surface area contributed by atoms with Crippen LogP contribution in [-0.4, -0.2) is 48.0 Å². The highest BCUT2D eigenvalue weighted by molar-refractivity contribution is 5.82. The molecule has 0 aliphatic carbocycles. The largest absolute Gasteiger partial charge is 0.458 e. The monoisotopic (exact) mass is 231 g/mol. The van der Waals surface area contributed by atoms with Crippen molar-refractivity contribution in [3.8, 4) is 0 Å². The maximum Gasteiger partial charge on any atom is 0.341 e. The van der Waals surface area contributed by atoms with E-state index in [1.165, 1.54) is 11.5 Å². The normalized spacial score (nSPS) is 13.8. The topological polar surface area (TPSA) is 124 Å². The average Bonchev–Trinajstić information content (AvgIpc) is 2.15. The first kappa shape index (κ1) is 14.4. The fraction of sp³-hybridized carbons (Fsp3) is 0.667. The third-order valence-corrected chi connectivity index (χ3v) is 2.10. The van der Waals surface area contributed by atoms with Crippen molar-refractivity contribution in [2.75, 3.05) is 13.6 Å². The number of carbonyl (C=O) groups excluding carboxylic acids is 2. The Morgan fingerprint density at radius 3 is 2.25 bits per heavy atom. The van der Waals surface area contributed by atoms with E-state index in [2.05, 4.69) is 0 Å². The maximum atomic E-state index is 11.3. The van der Waals surface area contributed by atoms with Gasteiger partial charge in [-0.3, -0.25) is 20.8 Å². The molecule has 0 aliphatic heterocycles. The molecular weight excluding hydrogens is 212 g/mol. The number of nitrogens with two attached hydrogens (primary N) is 3. The van der Waals surface area contributed by atoms with Gasteiger partial charge in [0, 0.05) is 0 Å². The average molecular weight is 231 g/mol. The summed E-state index contributed by atoms with van der Waals surface area (Å²) in [5, 5.41) is 0. The van der Waals surface area contributed by atoms with E-state index in [0.29, 0.717) is 0 Å². The third-order valence-electron chi connectivity index (χ3n) is 2.10. The zero-order valence-corrected chi connectivity index (χ0v) is 9.77. The molecule has 0 aromatic carbocycles. The molecule has 2 atom stereocenters. The summed E-state index contributed by atoms with van der Waals surface area (Å²) in [5.74, 6) is -0.765. The van der Waals surface area contributed by atoms with Gasteiger partial charge in [-0.2, -0.15) is 0 Å². The standard InChI is InChI=1S/C9H18N4O3/c1-5(14)8(10)6(2)16-7(15)4-13(3)9(11)12/h6,8H,4,10H2,1-3H3,(H3,11,12)/p+1. The Labute approximate surface area is 94.2 Å². The second-order valence-electron chi connectivity index (χ2n) is 3.61. The van der Waals surface area contributed by atoms with Crippen molar-refractivity contribution in [1.82, 2.24) is 0 Å². The molecule has 7 nitrogen and oxygen atoms in total. The van der Waals surface area contributed by atoms with Gasteiger partial charge < -0.3 is 10.5 Å². The van der Waals surface area contributed by atoms with Crippen LogP contribution in [0.3, 0.4) is 0 Å². The fourth-order valence-electron chi connectivity index (χ4n) is 0.933. The molecule has 0 bridgehead atoms. The highest BCUT2D eigenvalue weighted by Crippen LogP contribution is 1.98. The lowest BCUT2D eigenvalue weighted by Gasteiger charge is -2.17. The van der Waals surface area contributed by atoms with Crippen molar-refractivity contribution >= 4 is 17.7 Å². The summed E-state index contributed by atoms with van der Waals surface area (Å²) in [6.07, 6.45) is -0.669. The van der Waals surface area contributed by atoms with Crippen LogP contribution < -0.4 is 17.2 Å². The number of nitrogens with zero attached hydrogens (tertiary/aromatic N) is 1. The predicted octanol–water partition coefficient (Wildman–Crippen LogP) is -2.25. The quantitative estimate of drug-likeness (QED) is 0.212. The van der Waals surface area contributed by atoms with Crippen LogP contribution in [0.2, 0.25) is 0 Å². The van der Waals surface area contributed by atoms with Crippen LogP contribution in [0.4, 0.5) is 0 Å². The first-order valence-corrected chi connectivity index (χ1v) is 4.80. The second kappa shape index (κ2) is 6.06. The molecule has 7 heteroatoms. The van der Waals surface area contributed by atoms with E-state index in [0.717, 1.165) is 0 Å². The summed E-state index contributed by atoms with van der Waals surface area (Å²) in [4.78, 5) is 22.3. The van der Waals surface area contributed by atoms with Crippen LogP contribution in [0.15, 0.2) is 0 Å². The Morgan fingerprint density at radius 2 is 1.88 bits per heavy atom. The first-order valence-electron chi connectivity index (χ1n) is 4.80. The van der Waals surface area contributed by atoms with Gasteiger partial charge in [-0.15, -0.1) is 0 Å². The van der Waals surface area contributed by atoms with Crippen molar-refractivity contribution in [3.05, 3.63) is 0 Å². The van der Waals surface area contributed by atoms with Crippen LogP contribution in [0.5, 0.6) is 0 Å². The molecule has 0 heterocycles. The Hall–Kier alpha value is -1.63. The minimum atomic E-state index is -0.812. The number of guanidine groups is 1. The number of Topliss-reactive ketones (excluding diaryl/α,β-unsaturated/α-hetero) is 1. The molecule has 0 saturated heterocycles. The number of esters is 1. The van der Waals surface area contributed by atoms with Gasteiger partial charge in [0.2, 0.25) is 0 Å². The number of hydrogen-bond donors (Lipinski definition) is 3. The number of ketones is 1. The molecule has 0 radical (unpaired) electrons. The van der Waals surface area contributed by atoms with E-state index in [9.17, 15) is 9.59 Å². The SMILES string of the molecule is CC(=O)C(N)C(C)OC(=O)C[N+](C)=C(N)N. The molecular formula is C9H19N4O3+. The Kier molecular flexibility index (Phi) is 5.44. The summed E-state index contributed by atoms with van der Waals surface area (Å²) < 4.78 is 6.27. The molecule has 0 rings (SSSR count). The van der Waals surface area contributed by atoms with Crippen LogP contribution >= 0.6 is 0 Å². The van der Waals surface area contributed by atoms with Gasteiger partial charge in [0.25, 0.3) is 0 Å². The minimum absolute atomic E-state index is 0.0143. The van der Waals surface area contributed by atoms with Gasteiger partial charge in [-0.05, 0) is 13.8 Å². The lowest BCUT2D eigenvalue weighted by atomic mass is 10.1. The maximum absolute atomic E-state index is 11.3. The van der Waals surface area contributed by atoms with Gasteiger partial charge in [-0.25, -0.2) is 4.79 Å². The van der Waals surface area contributed by atoms with Crippen molar-refractivity contribution in [2.24, 2.45) is 17.2 Å². The zero-order chi connectivity index (χ0) is 12.9. The van der Waals surface area contributed by atoms with Crippen LogP contribution in [-0.2, 0) is 14.3 Å². The van der Waals surface area contributed by atoms with Crippen molar-refractivity contribution in [2.45, 2.75) is 26.0 Å². The van der Waals surface area contributed by atoms with Crippen molar-refractivity contribution in [3.63, 3.8) is 0 Å². The summed E-state index contributed by atoms with van der Waals surface area (Å²) in [5.41, 5.74) is 16.0. The molecule has 0 saturated carbocycles. The fourth-order valence-corrected chi connectivity index (χ4v) is 0.933. The molecule has 0 amide bonds. The lowest BCUT2D eigenvalue weighted by Crippen LogP contribution is -2.43. The van der Waals surface area contributed by atoms with Crippen LogP contribution in [0.1, 0.15) is 13.8 Å². The molecule has 92 valence electrons. The van der Waals surface area contributed by atoms with E-state index >= 15 is 0 Å². The number of carbonyl (C=O) groups is 2. The molecule has 0 aromatic heterocycles. The smallest absolute Gasteiger partial charge is 0.341 e. The Balaban J connectivity index is 4.26. The summed E-state index contributed by atoms with van der Waals surface area (Å²) in [6.45, 7) is 2.81. The summed E-state index contributed by atoms with van der Waals surface area (Å²) in [6, 6.07) is -0.812. The van der Waals surface area contributed by atoms with Gasteiger partial charge in [-0.1, -0.05) is 0 Å². The molecule has 6 N–H and O–H groups in total. The number of ether oxygens (including phenoxy) is 1. The zero-order valence-electron chi connectivity index (χ0n) is 9.77. The molecule has 16 heavy (non-hydrogen) atoms. The van der Waals surface area contributed by atoms with Crippen molar-refractivity contribution in [1.29, 1.82) is 0 Å². The first-order chi connectivity index (χ1) is 7.25. The number of hydrogen-bond acceptors (Lipinski definition) is 4. The van der Waals surface area contributed by atoms with E-state index in [1.807, 2.05) is 0 Å². The third kappa shape index (κ3) is 4.74. The van der Waals surface area contributed by atoms with Gasteiger partial charge in [0.1, 0.15) is 17.9 Å². The number of rotatable bonds is 5. The second-order valence-corrected chi connectivity index (χ2v) is 3.61. The highest BCUT2D eigenvalue weighted by Gasteiger charge is 2.21. The van der Waals surface area contributed by atoms with Crippen molar-refractivity contribution < 1.29 is 18.9 Å². The van der Waals surface area contributed by atoms with E-state index in [1.54, 1.807) is 14.0 Å². The molecule has 0 aromatic rings. The summed E-state index contributed by atoms with van der Waals surface area (Å²) in [7, 11) is 1.55. The van der Waals surface area contributed by atoms with Gasteiger partial charge in [0.15, 0.2) is 6.54 Å². The molecule has 0 fully saturated rings. The molecule has 0 spiro atoms. The van der Waals surface area contributed by atoms with Crippen LogP contribution in [0, 0.1) is 0 Å². The Morgan fingerprint density at radius 1 is 1.38 bits per heavy atom. The van der Waals surface area contributed by atoms with Crippen LogP contribution in [0.25, 0.3) is 0 Å². The highest BCUT2D eigenvalue weighted by atomic mass is 16.5. The van der Waals surface area contributed by atoms with E-state index in [4.69, 9.17) is 21.9 Å². The van der Waals surface area contributed by atoms with E-state index < -0.39 is 18.1 Å². The van der Waals surface area contributed by atoms with Gasteiger partial charge >= 0.3 is 11.9 Å². The van der Waals surface area contributed by atoms with Gasteiger partial charge in [0.05, 0.1) is 7.05 Å². The predicted molar refractivity (Wildman–Crippen MR) is 58.6 cm³/mol. The minimum Gasteiger partial charge on any atom is -0.458 e. The number of likely N-dealkylation sites (N-methyl/N-ethyl adjacent to an activating group) is 1. The summed E-state index contributed by atoms with van der Waals surface area (Å²) >= 11 is 0.